The van der Waals surface area contributed by atoms with E-state index in [4.69, 9.17) is 14.7 Å². The maximum atomic E-state index is 11.6. The van der Waals surface area contributed by atoms with Crippen molar-refractivity contribution < 1.29 is 14.3 Å². The molecule has 1 amide bonds. The van der Waals surface area contributed by atoms with Crippen molar-refractivity contribution in [2.45, 2.75) is 6.61 Å². The normalized spacial score (nSPS) is 10.7. The van der Waals surface area contributed by atoms with E-state index in [2.05, 4.69) is 21.2 Å². The van der Waals surface area contributed by atoms with E-state index in [9.17, 15) is 4.79 Å². The second-order valence-electron chi connectivity index (χ2n) is 5.06. The maximum Gasteiger partial charge on any atom is 0.261 e. The van der Waals surface area contributed by atoms with Crippen LogP contribution in [-0.4, -0.2) is 20.1 Å². The lowest BCUT2D eigenvalue weighted by atomic mass is 10.1. The van der Waals surface area contributed by atoms with Gasteiger partial charge in [0.15, 0.2) is 11.5 Å². The molecular weight excluding hydrogens is 384 g/mol. The summed E-state index contributed by atoms with van der Waals surface area (Å²) in [5.74, 6) is 0.620. The highest BCUT2D eigenvalue weighted by molar-refractivity contribution is 9.10. The lowest BCUT2D eigenvalue weighted by Crippen LogP contribution is -2.19. The van der Waals surface area contributed by atoms with Crippen LogP contribution in [0.2, 0.25) is 0 Å². The molecule has 5 nitrogen and oxygen atoms in total. The van der Waals surface area contributed by atoms with Crippen molar-refractivity contribution in [2.75, 3.05) is 14.2 Å². The van der Waals surface area contributed by atoms with Crippen molar-refractivity contribution in [2.24, 2.45) is 0 Å². The number of carbonyl (C=O) groups is 1. The van der Waals surface area contributed by atoms with Gasteiger partial charge in [0.05, 0.1) is 11.6 Å². The van der Waals surface area contributed by atoms with Crippen LogP contribution in [0.4, 0.5) is 0 Å². The SMILES string of the molecule is CNC(=O)/C(C#N)=C/c1cc(Br)c(OCc2ccccc2)c(OC)c1. The quantitative estimate of drug-likeness (QED) is 0.592. The van der Waals surface area contributed by atoms with E-state index < -0.39 is 5.91 Å². The van der Waals surface area contributed by atoms with E-state index in [1.54, 1.807) is 12.1 Å². The van der Waals surface area contributed by atoms with Crippen LogP contribution in [0.3, 0.4) is 0 Å². The summed E-state index contributed by atoms with van der Waals surface area (Å²) in [5.41, 5.74) is 1.69. The Morgan fingerprint density at radius 2 is 2.04 bits per heavy atom. The molecule has 0 radical (unpaired) electrons. The Kier molecular flexibility index (Phi) is 6.61. The monoisotopic (exact) mass is 400 g/mol. The van der Waals surface area contributed by atoms with Crippen LogP contribution in [0.5, 0.6) is 11.5 Å². The molecule has 128 valence electrons. The van der Waals surface area contributed by atoms with E-state index in [0.29, 0.717) is 28.1 Å². The van der Waals surface area contributed by atoms with E-state index >= 15 is 0 Å². The fraction of sp³-hybridized carbons (Fsp3) is 0.158. The van der Waals surface area contributed by atoms with Crippen LogP contribution in [0.15, 0.2) is 52.5 Å². The first-order valence-electron chi connectivity index (χ1n) is 7.47. The predicted octanol–water partition coefficient (Wildman–Crippen LogP) is 3.69. The molecule has 0 bridgehead atoms. The van der Waals surface area contributed by atoms with Gasteiger partial charge in [0.2, 0.25) is 0 Å². The number of methoxy groups -OCH3 is 1. The van der Waals surface area contributed by atoms with Crippen molar-refractivity contribution in [1.29, 1.82) is 5.26 Å². The molecule has 25 heavy (non-hydrogen) atoms. The van der Waals surface area contributed by atoms with Crippen LogP contribution < -0.4 is 14.8 Å². The van der Waals surface area contributed by atoms with Gasteiger partial charge in [-0.3, -0.25) is 4.79 Å². The van der Waals surface area contributed by atoms with Crippen molar-refractivity contribution in [1.82, 2.24) is 5.32 Å². The van der Waals surface area contributed by atoms with Gasteiger partial charge >= 0.3 is 0 Å². The molecule has 0 spiro atoms. The van der Waals surface area contributed by atoms with Gasteiger partial charge in [-0.1, -0.05) is 30.3 Å². The maximum absolute atomic E-state index is 11.6. The Morgan fingerprint density at radius 1 is 1.32 bits per heavy atom. The fourth-order valence-corrected chi connectivity index (χ4v) is 2.72. The topological polar surface area (TPSA) is 71.4 Å². The van der Waals surface area contributed by atoms with Gasteiger partial charge in [-0.05, 0) is 45.3 Å². The van der Waals surface area contributed by atoms with Crippen LogP contribution in [0, 0.1) is 11.3 Å². The molecule has 0 saturated heterocycles. The average Bonchev–Trinajstić information content (AvgIpc) is 2.65. The number of nitrogens with zero attached hydrogens (tertiary/aromatic N) is 1. The molecule has 2 aromatic carbocycles. The second-order valence-corrected chi connectivity index (χ2v) is 5.91. The zero-order valence-electron chi connectivity index (χ0n) is 13.9. The average molecular weight is 401 g/mol. The summed E-state index contributed by atoms with van der Waals surface area (Å²) >= 11 is 3.46. The van der Waals surface area contributed by atoms with E-state index in [1.807, 2.05) is 36.4 Å². The lowest BCUT2D eigenvalue weighted by molar-refractivity contribution is -0.116. The first-order valence-corrected chi connectivity index (χ1v) is 8.26. The summed E-state index contributed by atoms with van der Waals surface area (Å²) in [6.45, 7) is 0.396. The number of hydrogen-bond donors (Lipinski definition) is 1. The van der Waals surface area contributed by atoms with Gasteiger partial charge in [-0.15, -0.1) is 0 Å². The number of halogens is 1. The van der Waals surface area contributed by atoms with Gasteiger partial charge < -0.3 is 14.8 Å². The number of nitrogens with one attached hydrogen (secondary N) is 1. The molecule has 0 saturated carbocycles. The first kappa shape index (κ1) is 18.6. The summed E-state index contributed by atoms with van der Waals surface area (Å²) in [4.78, 5) is 11.6. The zero-order valence-corrected chi connectivity index (χ0v) is 15.5. The van der Waals surface area contributed by atoms with Gasteiger partial charge in [0.25, 0.3) is 5.91 Å². The minimum atomic E-state index is -0.443. The van der Waals surface area contributed by atoms with Crippen molar-refractivity contribution in [3.05, 3.63) is 63.6 Å². The van der Waals surface area contributed by atoms with Gasteiger partial charge in [0, 0.05) is 7.05 Å². The molecule has 1 N–H and O–H groups in total. The van der Waals surface area contributed by atoms with Gasteiger partial charge in [0.1, 0.15) is 18.2 Å². The van der Waals surface area contributed by atoms with Crippen LogP contribution in [0.1, 0.15) is 11.1 Å². The third kappa shape index (κ3) is 4.85. The summed E-state index contributed by atoms with van der Waals surface area (Å²) in [6.07, 6.45) is 1.49. The summed E-state index contributed by atoms with van der Waals surface area (Å²) in [6, 6.07) is 15.1. The number of likely N-dealkylation sites (N-methyl/N-ethyl adjacent to an activating group) is 1. The van der Waals surface area contributed by atoms with E-state index in [0.717, 1.165) is 5.56 Å². The zero-order chi connectivity index (χ0) is 18.2. The predicted molar refractivity (Wildman–Crippen MR) is 99.1 cm³/mol. The molecule has 0 heterocycles. The van der Waals surface area contributed by atoms with Crippen LogP contribution >= 0.6 is 15.9 Å². The Bertz CT molecular complexity index is 827. The number of hydrogen-bond acceptors (Lipinski definition) is 4. The summed E-state index contributed by atoms with van der Waals surface area (Å²) < 4.78 is 11.9. The Balaban J connectivity index is 2.30. The van der Waals surface area contributed by atoms with Crippen LogP contribution in [-0.2, 0) is 11.4 Å². The molecule has 0 aliphatic heterocycles. The number of nitriles is 1. The number of amides is 1. The van der Waals surface area contributed by atoms with Gasteiger partial charge in [-0.25, -0.2) is 0 Å². The Morgan fingerprint density at radius 3 is 2.64 bits per heavy atom. The van der Waals surface area contributed by atoms with Gasteiger partial charge in [-0.2, -0.15) is 5.26 Å². The molecule has 2 rings (SSSR count). The second kappa shape index (κ2) is 8.90. The minimum Gasteiger partial charge on any atom is -0.493 e. The molecule has 0 aliphatic carbocycles. The molecule has 0 fully saturated rings. The molecule has 6 heteroatoms. The highest BCUT2D eigenvalue weighted by Gasteiger charge is 2.13. The first-order chi connectivity index (χ1) is 12.1. The molecule has 2 aromatic rings. The standard InChI is InChI=1S/C19H17BrN2O3/c1-22-19(23)15(11-21)8-14-9-16(20)18(17(10-14)24-2)25-12-13-6-4-3-5-7-13/h3-10H,12H2,1-2H3,(H,22,23)/b15-8+. The Labute approximate surface area is 155 Å². The van der Waals surface area contributed by atoms with E-state index in [1.165, 1.54) is 20.2 Å². The van der Waals surface area contributed by atoms with Crippen molar-refractivity contribution in [3.63, 3.8) is 0 Å². The molecular formula is C19H17BrN2O3. The van der Waals surface area contributed by atoms with E-state index in [-0.39, 0.29) is 5.57 Å². The largest absolute Gasteiger partial charge is 0.493 e. The molecule has 0 aliphatic rings. The Hall–Kier alpha value is -2.78. The molecule has 0 unspecified atom stereocenters. The third-order valence-corrected chi connectivity index (χ3v) is 3.97. The molecule has 0 aromatic heterocycles. The minimum absolute atomic E-state index is 0.00871. The van der Waals surface area contributed by atoms with Crippen LogP contribution in [0.25, 0.3) is 6.08 Å². The fourth-order valence-electron chi connectivity index (χ4n) is 2.14. The van der Waals surface area contributed by atoms with Crippen molar-refractivity contribution in [3.8, 4) is 17.6 Å². The number of rotatable bonds is 6. The summed E-state index contributed by atoms with van der Waals surface area (Å²) in [7, 11) is 3.01. The molecule has 0 atom stereocenters. The smallest absolute Gasteiger partial charge is 0.261 e. The number of carbonyl (C=O) groups excluding carboxylic acids is 1. The highest BCUT2D eigenvalue weighted by Crippen LogP contribution is 2.37. The summed E-state index contributed by atoms with van der Waals surface area (Å²) in [5, 5.41) is 11.5. The highest BCUT2D eigenvalue weighted by atomic mass is 79.9. The lowest BCUT2D eigenvalue weighted by Gasteiger charge is -2.14. The third-order valence-electron chi connectivity index (χ3n) is 3.38. The number of ether oxygens (including phenoxy) is 2. The van der Waals surface area contributed by atoms with Crippen molar-refractivity contribution >= 4 is 27.9 Å². The number of benzene rings is 2.